The molecule has 142 valence electrons. The van der Waals surface area contributed by atoms with E-state index in [1.54, 1.807) is 0 Å². The number of ether oxygens (including phenoxy) is 3. The van der Waals surface area contributed by atoms with Crippen LogP contribution in [0.3, 0.4) is 0 Å². The largest absolute Gasteiger partial charge is 0.465 e. The minimum Gasteiger partial charge on any atom is -0.465 e. The van der Waals surface area contributed by atoms with Gasteiger partial charge in [-0.25, -0.2) is 4.79 Å². The molecular weight excluding hydrogens is 366 g/mol. The Morgan fingerprint density at radius 3 is 2.31 bits per heavy atom. The van der Waals surface area contributed by atoms with E-state index in [0.29, 0.717) is 0 Å². The number of hydrogen-bond donors (Lipinski definition) is 1. The lowest BCUT2D eigenvalue weighted by Gasteiger charge is -2.25. The van der Waals surface area contributed by atoms with Crippen molar-refractivity contribution in [2.45, 2.75) is 43.6 Å². The first-order valence-electron chi connectivity index (χ1n) is 7.67. The Morgan fingerprint density at radius 1 is 1.15 bits per heavy atom. The van der Waals surface area contributed by atoms with Crippen molar-refractivity contribution < 1.29 is 28.6 Å². The SMILES string of the molecule is CC(=O)OC[C@H]1S[C@@H](n2ccc(N)nc2=O)C(OC(C)=O)C1OC(C)=O. The Hall–Kier alpha value is -2.56. The molecule has 0 bridgehead atoms. The van der Waals surface area contributed by atoms with Gasteiger partial charge in [0, 0.05) is 27.0 Å². The van der Waals surface area contributed by atoms with Crippen molar-refractivity contribution >= 4 is 35.5 Å². The smallest absolute Gasteiger partial charge is 0.350 e. The van der Waals surface area contributed by atoms with Gasteiger partial charge in [-0.15, -0.1) is 11.8 Å². The van der Waals surface area contributed by atoms with Crippen molar-refractivity contribution in [3.8, 4) is 0 Å². The van der Waals surface area contributed by atoms with Crippen LogP contribution in [0.5, 0.6) is 0 Å². The van der Waals surface area contributed by atoms with E-state index in [4.69, 9.17) is 19.9 Å². The van der Waals surface area contributed by atoms with Crippen LogP contribution in [-0.4, -0.2) is 51.5 Å². The summed E-state index contributed by atoms with van der Waals surface area (Å²) < 4.78 is 16.9. The molecule has 0 aromatic carbocycles. The summed E-state index contributed by atoms with van der Waals surface area (Å²) >= 11 is 1.18. The molecule has 1 fully saturated rings. The highest BCUT2D eigenvalue weighted by Gasteiger charge is 2.50. The summed E-state index contributed by atoms with van der Waals surface area (Å²) in [6.07, 6.45) is -0.460. The van der Waals surface area contributed by atoms with E-state index in [1.165, 1.54) is 49.4 Å². The van der Waals surface area contributed by atoms with Crippen molar-refractivity contribution in [2.24, 2.45) is 0 Å². The molecule has 0 spiro atoms. The van der Waals surface area contributed by atoms with Gasteiger partial charge >= 0.3 is 23.6 Å². The van der Waals surface area contributed by atoms with Crippen molar-refractivity contribution in [2.75, 3.05) is 12.3 Å². The maximum absolute atomic E-state index is 12.2. The highest BCUT2D eigenvalue weighted by Crippen LogP contribution is 2.44. The molecule has 0 aliphatic carbocycles. The molecule has 2 heterocycles. The summed E-state index contributed by atoms with van der Waals surface area (Å²) in [7, 11) is 0. The van der Waals surface area contributed by atoms with Gasteiger partial charge in [0.05, 0.1) is 5.25 Å². The summed E-state index contributed by atoms with van der Waals surface area (Å²) in [6.45, 7) is 3.58. The Labute approximate surface area is 153 Å². The van der Waals surface area contributed by atoms with Crippen LogP contribution in [0, 0.1) is 0 Å². The van der Waals surface area contributed by atoms with Crippen LogP contribution in [0.15, 0.2) is 17.1 Å². The average Bonchev–Trinajstić information content (AvgIpc) is 2.82. The highest BCUT2D eigenvalue weighted by molar-refractivity contribution is 8.00. The van der Waals surface area contributed by atoms with E-state index in [1.807, 2.05) is 0 Å². The Kier molecular flexibility index (Phi) is 6.24. The summed E-state index contributed by atoms with van der Waals surface area (Å²) in [6, 6.07) is 1.42. The van der Waals surface area contributed by atoms with Gasteiger partial charge in [0.15, 0.2) is 12.2 Å². The third-order valence-electron chi connectivity index (χ3n) is 3.47. The maximum atomic E-state index is 12.2. The van der Waals surface area contributed by atoms with Gasteiger partial charge in [-0.05, 0) is 6.07 Å². The molecule has 0 saturated carbocycles. The molecule has 0 radical (unpaired) electrons. The predicted octanol–water partition coefficient (Wildman–Crippen LogP) is -0.134. The third kappa shape index (κ3) is 4.75. The lowest BCUT2D eigenvalue weighted by atomic mass is 10.1. The normalized spacial score (nSPS) is 24.7. The number of anilines is 1. The standard InChI is InChI=1S/C15H19N3O7S/c1-7(19)23-6-10-12(24-8(2)20)13(25-9(3)21)14(26-10)18-5-4-11(16)17-15(18)22/h4-5,10,12-14H,6H2,1-3H3,(H2,16,17,22)/t10-,12?,13?,14-/m1/s1. The molecule has 11 heteroatoms. The number of hydrogen-bond acceptors (Lipinski definition) is 10. The minimum atomic E-state index is -0.968. The molecule has 1 aliphatic heterocycles. The van der Waals surface area contributed by atoms with Crippen molar-refractivity contribution in [3.63, 3.8) is 0 Å². The molecule has 1 aromatic rings. The molecule has 4 atom stereocenters. The van der Waals surface area contributed by atoms with Gasteiger partial charge in [-0.3, -0.25) is 19.0 Å². The zero-order chi connectivity index (χ0) is 19.4. The van der Waals surface area contributed by atoms with Crippen LogP contribution in [-0.2, 0) is 28.6 Å². The van der Waals surface area contributed by atoms with Crippen LogP contribution >= 0.6 is 11.8 Å². The molecule has 1 aromatic heterocycles. The van der Waals surface area contributed by atoms with E-state index in [2.05, 4.69) is 4.98 Å². The molecule has 2 N–H and O–H groups in total. The van der Waals surface area contributed by atoms with E-state index in [-0.39, 0.29) is 12.4 Å². The topological polar surface area (TPSA) is 140 Å². The van der Waals surface area contributed by atoms with Crippen LogP contribution < -0.4 is 11.4 Å². The zero-order valence-electron chi connectivity index (χ0n) is 14.4. The first-order chi connectivity index (χ1) is 12.2. The number of carbonyl (C=O) groups excluding carboxylic acids is 3. The highest BCUT2D eigenvalue weighted by atomic mass is 32.2. The average molecular weight is 385 g/mol. The summed E-state index contributed by atoms with van der Waals surface area (Å²) in [5, 5.41) is -1.27. The van der Waals surface area contributed by atoms with Gasteiger partial charge in [0.25, 0.3) is 0 Å². The molecule has 2 rings (SSSR count). The fourth-order valence-corrected chi connectivity index (χ4v) is 4.06. The van der Waals surface area contributed by atoms with Crippen molar-refractivity contribution in [3.05, 3.63) is 22.7 Å². The number of nitrogen functional groups attached to an aromatic ring is 1. The van der Waals surface area contributed by atoms with E-state index in [9.17, 15) is 19.2 Å². The fraction of sp³-hybridized carbons (Fsp3) is 0.533. The number of carbonyl (C=O) groups is 3. The fourth-order valence-electron chi connectivity index (χ4n) is 2.54. The summed E-state index contributed by atoms with van der Waals surface area (Å²) in [5.74, 6) is -1.66. The first kappa shape index (κ1) is 19.8. The number of thioether (sulfide) groups is 1. The molecule has 0 amide bonds. The minimum absolute atomic E-state index is 0.0475. The van der Waals surface area contributed by atoms with E-state index in [0.717, 1.165) is 0 Å². The second-order valence-electron chi connectivity index (χ2n) is 5.56. The molecule has 1 saturated heterocycles. The zero-order valence-corrected chi connectivity index (χ0v) is 15.2. The lowest BCUT2D eigenvalue weighted by Crippen LogP contribution is -2.41. The van der Waals surface area contributed by atoms with Crippen LogP contribution in [0.25, 0.3) is 0 Å². The number of aromatic nitrogens is 2. The predicted molar refractivity (Wildman–Crippen MR) is 91.1 cm³/mol. The molecule has 26 heavy (non-hydrogen) atoms. The van der Waals surface area contributed by atoms with Crippen LogP contribution in [0.1, 0.15) is 26.1 Å². The second kappa shape index (κ2) is 8.21. The number of nitrogens with zero attached hydrogens (tertiary/aromatic N) is 2. The van der Waals surface area contributed by atoms with E-state index >= 15 is 0 Å². The van der Waals surface area contributed by atoms with Crippen LogP contribution in [0.4, 0.5) is 5.82 Å². The third-order valence-corrected chi connectivity index (χ3v) is 4.99. The van der Waals surface area contributed by atoms with E-state index < -0.39 is 46.4 Å². The number of rotatable bonds is 5. The second-order valence-corrected chi connectivity index (χ2v) is 6.92. The maximum Gasteiger partial charge on any atom is 0.350 e. The lowest BCUT2D eigenvalue weighted by molar-refractivity contribution is -0.166. The van der Waals surface area contributed by atoms with Gasteiger partial charge in [0.1, 0.15) is 17.8 Å². The molecule has 2 unspecified atom stereocenters. The molecular formula is C15H19N3O7S. The Balaban J connectivity index is 2.40. The van der Waals surface area contributed by atoms with Crippen molar-refractivity contribution in [1.82, 2.24) is 9.55 Å². The van der Waals surface area contributed by atoms with Gasteiger partial charge in [-0.2, -0.15) is 4.98 Å². The summed E-state index contributed by atoms with van der Waals surface area (Å²) in [4.78, 5) is 50.0. The molecule has 1 aliphatic rings. The Morgan fingerprint density at radius 2 is 1.77 bits per heavy atom. The van der Waals surface area contributed by atoms with Crippen LogP contribution in [0.2, 0.25) is 0 Å². The Bertz CT molecular complexity index is 766. The number of nitrogens with two attached hydrogens (primary N) is 1. The monoisotopic (exact) mass is 385 g/mol. The van der Waals surface area contributed by atoms with Gasteiger partial charge < -0.3 is 19.9 Å². The van der Waals surface area contributed by atoms with Gasteiger partial charge in [0.2, 0.25) is 0 Å². The quantitative estimate of drug-likeness (QED) is 0.538. The van der Waals surface area contributed by atoms with Gasteiger partial charge in [-0.1, -0.05) is 0 Å². The number of esters is 3. The molecule has 10 nitrogen and oxygen atoms in total. The summed E-state index contributed by atoms with van der Waals surface area (Å²) in [5.41, 5.74) is 4.86. The van der Waals surface area contributed by atoms with Crippen molar-refractivity contribution in [1.29, 1.82) is 0 Å². The first-order valence-corrected chi connectivity index (χ1v) is 8.61.